The van der Waals surface area contributed by atoms with Gasteiger partial charge in [0.05, 0.1) is 18.8 Å². The van der Waals surface area contributed by atoms with Crippen LogP contribution in [0.15, 0.2) is 0 Å². The zero-order valence-electron chi connectivity index (χ0n) is 15.7. The topological polar surface area (TPSA) is 32.8 Å². The predicted molar refractivity (Wildman–Crippen MR) is 97.0 cm³/mol. The van der Waals surface area contributed by atoms with E-state index in [-0.39, 0.29) is 0 Å². The summed E-state index contributed by atoms with van der Waals surface area (Å²) >= 11 is 0. The van der Waals surface area contributed by atoms with Gasteiger partial charge < -0.3 is 9.64 Å². The second-order valence-electron chi connectivity index (χ2n) is 8.44. The van der Waals surface area contributed by atoms with Gasteiger partial charge in [-0.3, -0.25) is 9.69 Å². The van der Waals surface area contributed by atoms with Crippen LogP contribution in [0.2, 0.25) is 0 Å². The first kappa shape index (κ1) is 18.2. The standard InChI is InChI=1S/C20H36N2O2/c1-16-7-9-17(10-8-16)21(2)20(23)15-22-13-11-19(12-14-22)24-18-5-3-4-6-18/h16-19H,3-15H2,1-2H3. The van der Waals surface area contributed by atoms with Gasteiger partial charge in [0.15, 0.2) is 0 Å². The molecule has 3 rings (SSSR count). The van der Waals surface area contributed by atoms with Crippen molar-refractivity contribution >= 4 is 5.91 Å². The van der Waals surface area contributed by atoms with Crippen molar-refractivity contribution in [2.45, 2.75) is 89.4 Å². The lowest BCUT2D eigenvalue weighted by molar-refractivity contribution is -0.134. The van der Waals surface area contributed by atoms with Crippen LogP contribution in [-0.2, 0) is 9.53 Å². The molecule has 24 heavy (non-hydrogen) atoms. The van der Waals surface area contributed by atoms with Gasteiger partial charge in [0.1, 0.15) is 0 Å². The molecular weight excluding hydrogens is 300 g/mol. The molecule has 1 saturated heterocycles. The number of ether oxygens (including phenoxy) is 1. The van der Waals surface area contributed by atoms with Crippen molar-refractivity contribution in [3.63, 3.8) is 0 Å². The first-order valence-corrected chi connectivity index (χ1v) is 10.3. The molecule has 0 unspecified atom stereocenters. The fraction of sp³-hybridized carbons (Fsp3) is 0.950. The van der Waals surface area contributed by atoms with E-state index < -0.39 is 0 Å². The fourth-order valence-electron chi connectivity index (χ4n) is 4.64. The largest absolute Gasteiger partial charge is 0.375 e. The van der Waals surface area contributed by atoms with E-state index in [0.29, 0.717) is 30.7 Å². The Morgan fingerprint density at radius 2 is 1.54 bits per heavy atom. The van der Waals surface area contributed by atoms with E-state index in [4.69, 9.17) is 4.74 Å². The predicted octanol–water partition coefficient (Wildman–Crippen LogP) is 3.45. The number of carbonyl (C=O) groups is 1. The van der Waals surface area contributed by atoms with Crippen molar-refractivity contribution in [3.05, 3.63) is 0 Å². The molecule has 0 atom stereocenters. The molecular formula is C20H36N2O2. The maximum atomic E-state index is 12.6. The summed E-state index contributed by atoms with van der Waals surface area (Å²) in [4.78, 5) is 17.0. The minimum atomic E-state index is 0.310. The second-order valence-corrected chi connectivity index (χ2v) is 8.44. The van der Waals surface area contributed by atoms with Crippen molar-refractivity contribution in [2.24, 2.45) is 5.92 Å². The third-order valence-corrected chi connectivity index (χ3v) is 6.51. The minimum Gasteiger partial charge on any atom is -0.375 e. The molecule has 0 aromatic heterocycles. The highest BCUT2D eigenvalue weighted by Gasteiger charge is 2.28. The molecule has 1 heterocycles. The van der Waals surface area contributed by atoms with Crippen LogP contribution in [0.4, 0.5) is 0 Å². The van der Waals surface area contributed by atoms with Crippen LogP contribution < -0.4 is 0 Å². The van der Waals surface area contributed by atoms with Crippen molar-refractivity contribution in [3.8, 4) is 0 Å². The number of likely N-dealkylation sites (tertiary alicyclic amines) is 1. The Labute approximate surface area is 147 Å². The molecule has 3 aliphatic rings. The van der Waals surface area contributed by atoms with Crippen LogP contribution in [0, 0.1) is 5.92 Å². The van der Waals surface area contributed by atoms with Gasteiger partial charge in [0, 0.05) is 26.2 Å². The van der Waals surface area contributed by atoms with Gasteiger partial charge in [-0.15, -0.1) is 0 Å². The van der Waals surface area contributed by atoms with E-state index in [1.54, 1.807) is 0 Å². The number of piperidine rings is 1. The van der Waals surface area contributed by atoms with E-state index in [1.807, 2.05) is 11.9 Å². The summed E-state index contributed by atoms with van der Waals surface area (Å²) < 4.78 is 6.24. The number of hydrogen-bond acceptors (Lipinski definition) is 3. The smallest absolute Gasteiger partial charge is 0.236 e. The number of nitrogens with zero attached hydrogens (tertiary/aromatic N) is 2. The molecule has 0 aromatic rings. The molecule has 1 amide bonds. The molecule has 138 valence electrons. The Morgan fingerprint density at radius 3 is 2.17 bits per heavy atom. The van der Waals surface area contributed by atoms with Crippen LogP contribution in [0.3, 0.4) is 0 Å². The SMILES string of the molecule is CC1CCC(N(C)C(=O)CN2CCC(OC3CCCC3)CC2)CC1. The van der Waals surface area contributed by atoms with Gasteiger partial charge >= 0.3 is 0 Å². The molecule has 0 bridgehead atoms. The Bertz CT molecular complexity index is 392. The Hall–Kier alpha value is -0.610. The summed E-state index contributed by atoms with van der Waals surface area (Å²) in [6.07, 6.45) is 13.2. The van der Waals surface area contributed by atoms with E-state index in [0.717, 1.165) is 31.8 Å². The Kier molecular flexibility index (Phi) is 6.56. The Balaban J connectivity index is 1.36. The zero-order valence-corrected chi connectivity index (χ0v) is 15.7. The number of hydrogen-bond donors (Lipinski definition) is 0. The summed E-state index contributed by atoms with van der Waals surface area (Å²) in [5.41, 5.74) is 0. The highest BCUT2D eigenvalue weighted by atomic mass is 16.5. The molecule has 0 N–H and O–H groups in total. The number of amides is 1. The van der Waals surface area contributed by atoms with Crippen LogP contribution in [0.1, 0.15) is 71.1 Å². The third kappa shape index (κ3) is 4.95. The van der Waals surface area contributed by atoms with E-state index in [2.05, 4.69) is 11.8 Å². The monoisotopic (exact) mass is 336 g/mol. The normalized spacial score (nSPS) is 30.6. The molecule has 0 spiro atoms. The molecule has 0 aromatic carbocycles. The van der Waals surface area contributed by atoms with Crippen molar-refractivity contribution in [1.82, 2.24) is 9.80 Å². The quantitative estimate of drug-likeness (QED) is 0.771. The molecule has 4 nitrogen and oxygen atoms in total. The lowest BCUT2D eigenvalue weighted by Gasteiger charge is -2.37. The average molecular weight is 337 g/mol. The highest BCUT2D eigenvalue weighted by Crippen LogP contribution is 2.27. The molecule has 0 radical (unpaired) electrons. The highest BCUT2D eigenvalue weighted by molar-refractivity contribution is 5.78. The van der Waals surface area contributed by atoms with E-state index in [1.165, 1.54) is 51.4 Å². The van der Waals surface area contributed by atoms with Gasteiger partial charge in [-0.2, -0.15) is 0 Å². The minimum absolute atomic E-state index is 0.310. The van der Waals surface area contributed by atoms with Crippen LogP contribution in [-0.4, -0.2) is 60.6 Å². The number of carbonyl (C=O) groups excluding carboxylic acids is 1. The van der Waals surface area contributed by atoms with Crippen molar-refractivity contribution in [2.75, 3.05) is 26.7 Å². The van der Waals surface area contributed by atoms with Gasteiger partial charge in [-0.25, -0.2) is 0 Å². The fourth-order valence-corrected chi connectivity index (χ4v) is 4.64. The molecule has 4 heteroatoms. The number of rotatable bonds is 5. The van der Waals surface area contributed by atoms with E-state index in [9.17, 15) is 4.79 Å². The average Bonchev–Trinajstić information content (AvgIpc) is 3.09. The first-order valence-electron chi connectivity index (χ1n) is 10.3. The maximum Gasteiger partial charge on any atom is 0.236 e. The first-order chi connectivity index (χ1) is 11.6. The summed E-state index contributed by atoms with van der Waals surface area (Å²) in [6.45, 7) is 4.95. The van der Waals surface area contributed by atoms with E-state index >= 15 is 0 Å². The summed E-state index contributed by atoms with van der Waals surface area (Å²) in [5.74, 6) is 1.15. The van der Waals surface area contributed by atoms with Crippen LogP contribution in [0.5, 0.6) is 0 Å². The molecule has 1 aliphatic heterocycles. The van der Waals surface area contributed by atoms with Gasteiger partial charge in [-0.05, 0) is 57.3 Å². The Morgan fingerprint density at radius 1 is 0.958 bits per heavy atom. The van der Waals surface area contributed by atoms with Gasteiger partial charge in [0.2, 0.25) is 5.91 Å². The lowest BCUT2D eigenvalue weighted by atomic mass is 9.87. The molecule has 2 aliphatic carbocycles. The lowest BCUT2D eigenvalue weighted by Crippen LogP contribution is -2.47. The molecule has 3 fully saturated rings. The van der Waals surface area contributed by atoms with Gasteiger partial charge in [-0.1, -0.05) is 19.8 Å². The second kappa shape index (κ2) is 8.66. The number of likely N-dealkylation sites (N-methyl/N-ethyl adjacent to an activating group) is 1. The van der Waals surface area contributed by atoms with Crippen molar-refractivity contribution in [1.29, 1.82) is 0 Å². The van der Waals surface area contributed by atoms with Gasteiger partial charge in [0.25, 0.3) is 0 Å². The summed E-state index contributed by atoms with van der Waals surface area (Å²) in [6, 6.07) is 0.469. The maximum absolute atomic E-state index is 12.6. The summed E-state index contributed by atoms with van der Waals surface area (Å²) in [7, 11) is 2.01. The van der Waals surface area contributed by atoms with Crippen LogP contribution >= 0.6 is 0 Å². The van der Waals surface area contributed by atoms with Crippen molar-refractivity contribution < 1.29 is 9.53 Å². The third-order valence-electron chi connectivity index (χ3n) is 6.51. The zero-order chi connectivity index (χ0) is 16.9. The summed E-state index contributed by atoms with van der Waals surface area (Å²) in [5, 5.41) is 0. The van der Waals surface area contributed by atoms with Crippen LogP contribution in [0.25, 0.3) is 0 Å². The molecule has 2 saturated carbocycles.